The lowest BCUT2D eigenvalue weighted by atomic mass is 10.1. The molecule has 4 aromatic rings. The van der Waals surface area contributed by atoms with Gasteiger partial charge in [0, 0.05) is 21.8 Å². The maximum Gasteiger partial charge on any atom is 0.328 e. The van der Waals surface area contributed by atoms with Crippen LogP contribution in [0.1, 0.15) is 34.1 Å². The normalized spacial score (nSPS) is 10.7. The van der Waals surface area contributed by atoms with Crippen molar-refractivity contribution >= 4 is 51.6 Å². The zero-order valence-corrected chi connectivity index (χ0v) is 20.4. The van der Waals surface area contributed by atoms with Gasteiger partial charge in [-0.3, -0.25) is 19.8 Å². The highest BCUT2D eigenvalue weighted by atomic mass is 35.5. The lowest BCUT2D eigenvalue weighted by Gasteiger charge is -2.14. The number of amides is 3. The van der Waals surface area contributed by atoms with Gasteiger partial charge in [-0.15, -0.1) is 0 Å². The summed E-state index contributed by atoms with van der Waals surface area (Å²) in [5, 5.41) is 6.59. The maximum atomic E-state index is 13.2. The van der Waals surface area contributed by atoms with E-state index in [-0.39, 0.29) is 5.69 Å². The molecule has 3 N–H and O–H groups in total. The predicted molar refractivity (Wildman–Crippen MR) is 140 cm³/mol. The summed E-state index contributed by atoms with van der Waals surface area (Å²) in [6.07, 6.45) is 0.888. The summed E-state index contributed by atoms with van der Waals surface area (Å²) in [4.78, 5) is 38.6. The Labute approximate surface area is 208 Å². The van der Waals surface area contributed by atoms with Gasteiger partial charge in [-0.1, -0.05) is 42.8 Å². The van der Waals surface area contributed by atoms with Crippen molar-refractivity contribution in [2.24, 2.45) is 0 Å². The van der Waals surface area contributed by atoms with E-state index in [1.165, 1.54) is 4.68 Å². The van der Waals surface area contributed by atoms with Crippen LogP contribution in [0, 0.1) is 13.8 Å². The summed E-state index contributed by atoms with van der Waals surface area (Å²) in [6.45, 7) is 5.83. The lowest BCUT2D eigenvalue weighted by molar-refractivity contribution is -0.133. The summed E-state index contributed by atoms with van der Waals surface area (Å²) in [6, 6.07) is 19.6. The highest BCUT2D eigenvalue weighted by Gasteiger charge is 2.21. The van der Waals surface area contributed by atoms with Crippen molar-refractivity contribution in [2.75, 3.05) is 16.1 Å². The third kappa shape index (κ3) is 5.20. The number of hydrogen-bond donors (Lipinski definition) is 3. The topological polar surface area (TPSA) is 92.2 Å². The summed E-state index contributed by atoms with van der Waals surface area (Å²) in [7, 11) is 0. The molecule has 178 valence electrons. The van der Waals surface area contributed by atoms with Gasteiger partial charge in [0.2, 0.25) is 0 Å². The number of carbonyl (C=O) groups is 3. The predicted octanol–water partition coefficient (Wildman–Crippen LogP) is 5.44. The number of carbonyl (C=O) groups excluding carboxylic acids is 3. The molecular formula is C27H25ClN4O3. The molecule has 0 radical (unpaired) electrons. The summed E-state index contributed by atoms with van der Waals surface area (Å²) in [5.74, 6) is -2.22. The monoisotopic (exact) mass is 488 g/mol. The van der Waals surface area contributed by atoms with Crippen molar-refractivity contribution in [1.82, 2.24) is 4.68 Å². The van der Waals surface area contributed by atoms with Crippen LogP contribution in [-0.4, -0.2) is 22.4 Å². The molecule has 7 nitrogen and oxygen atoms in total. The first kappa shape index (κ1) is 24.0. The highest BCUT2D eigenvalue weighted by Crippen LogP contribution is 2.24. The molecule has 0 aliphatic heterocycles. The highest BCUT2D eigenvalue weighted by molar-refractivity contribution is 6.42. The van der Waals surface area contributed by atoms with E-state index < -0.39 is 17.7 Å². The number of nitrogens with zero attached hydrogens (tertiary/aromatic N) is 1. The third-order valence-corrected chi connectivity index (χ3v) is 6.12. The SMILES string of the molecule is CCc1ccc(NC(=O)c2cc3cc(Cl)ccc3n2NC(=O)C(=O)Nc2cccc(C)c2C)cc1. The molecule has 4 rings (SSSR count). The number of hydrogen-bond acceptors (Lipinski definition) is 3. The Hall–Kier alpha value is -4.10. The Kier molecular flexibility index (Phi) is 6.89. The molecule has 3 amide bonds. The molecule has 0 saturated heterocycles. The van der Waals surface area contributed by atoms with Crippen LogP contribution in [0.3, 0.4) is 0 Å². The van der Waals surface area contributed by atoms with E-state index in [0.29, 0.717) is 27.3 Å². The van der Waals surface area contributed by atoms with Gasteiger partial charge in [-0.25, -0.2) is 4.68 Å². The van der Waals surface area contributed by atoms with E-state index >= 15 is 0 Å². The molecule has 0 aliphatic carbocycles. The van der Waals surface area contributed by atoms with Gasteiger partial charge in [0.15, 0.2) is 0 Å². The van der Waals surface area contributed by atoms with Crippen LogP contribution in [0.15, 0.2) is 66.7 Å². The Morgan fingerprint density at radius 1 is 0.886 bits per heavy atom. The lowest BCUT2D eigenvalue weighted by Crippen LogP contribution is -2.36. The minimum absolute atomic E-state index is 0.148. The zero-order valence-electron chi connectivity index (χ0n) is 19.6. The quantitative estimate of drug-likeness (QED) is 0.327. The van der Waals surface area contributed by atoms with E-state index in [1.54, 1.807) is 36.4 Å². The fraction of sp³-hybridized carbons (Fsp3) is 0.148. The number of aryl methyl sites for hydroxylation is 2. The number of fused-ring (bicyclic) bond motifs is 1. The van der Waals surface area contributed by atoms with Gasteiger partial charge in [0.25, 0.3) is 5.91 Å². The summed E-state index contributed by atoms with van der Waals surface area (Å²) < 4.78 is 1.30. The van der Waals surface area contributed by atoms with Crippen molar-refractivity contribution in [2.45, 2.75) is 27.2 Å². The number of nitrogens with one attached hydrogen (secondary N) is 3. The second kappa shape index (κ2) is 10.0. The minimum atomic E-state index is -0.917. The van der Waals surface area contributed by atoms with Gasteiger partial charge in [0.05, 0.1) is 5.52 Å². The van der Waals surface area contributed by atoms with Gasteiger partial charge in [-0.05, 0) is 79.4 Å². The molecule has 0 bridgehead atoms. The molecule has 0 spiro atoms. The van der Waals surface area contributed by atoms with Gasteiger partial charge < -0.3 is 10.6 Å². The second-order valence-corrected chi connectivity index (χ2v) is 8.65. The molecule has 0 aliphatic rings. The molecule has 0 unspecified atom stereocenters. The zero-order chi connectivity index (χ0) is 25.1. The van der Waals surface area contributed by atoms with Crippen molar-refractivity contribution in [3.63, 3.8) is 0 Å². The van der Waals surface area contributed by atoms with Crippen LogP contribution in [0.5, 0.6) is 0 Å². The average molecular weight is 489 g/mol. The van der Waals surface area contributed by atoms with Crippen molar-refractivity contribution in [1.29, 1.82) is 0 Å². The van der Waals surface area contributed by atoms with Crippen LogP contribution in [-0.2, 0) is 16.0 Å². The first-order valence-corrected chi connectivity index (χ1v) is 11.5. The molecule has 1 aromatic heterocycles. The summed E-state index contributed by atoms with van der Waals surface area (Å²) in [5.41, 5.74) is 7.38. The Morgan fingerprint density at radius 2 is 1.63 bits per heavy atom. The largest absolute Gasteiger partial charge is 0.328 e. The smallest absolute Gasteiger partial charge is 0.321 e. The second-order valence-electron chi connectivity index (χ2n) is 8.22. The molecule has 0 atom stereocenters. The van der Waals surface area contributed by atoms with E-state index in [4.69, 9.17) is 11.6 Å². The number of anilines is 2. The molecule has 0 saturated carbocycles. The molecule has 0 fully saturated rings. The molecule has 3 aromatic carbocycles. The van der Waals surface area contributed by atoms with Crippen molar-refractivity contribution < 1.29 is 14.4 Å². The molecule has 8 heteroatoms. The van der Waals surface area contributed by atoms with Gasteiger partial charge in [-0.2, -0.15) is 0 Å². The maximum absolute atomic E-state index is 13.2. The molecule has 1 heterocycles. The van der Waals surface area contributed by atoms with Crippen LogP contribution in [0.2, 0.25) is 5.02 Å². The first-order valence-electron chi connectivity index (χ1n) is 11.2. The van der Waals surface area contributed by atoms with Crippen molar-refractivity contribution in [3.8, 4) is 0 Å². The number of aromatic nitrogens is 1. The number of benzene rings is 3. The number of halogens is 1. The summed E-state index contributed by atoms with van der Waals surface area (Å²) >= 11 is 6.13. The number of rotatable bonds is 5. The van der Waals surface area contributed by atoms with E-state index in [2.05, 4.69) is 23.0 Å². The van der Waals surface area contributed by atoms with Crippen LogP contribution >= 0.6 is 11.6 Å². The van der Waals surface area contributed by atoms with Crippen molar-refractivity contribution in [3.05, 3.63) is 94.1 Å². The Balaban J connectivity index is 1.62. The average Bonchev–Trinajstić information content (AvgIpc) is 3.19. The van der Waals surface area contributed by atoms with Crippen LogP contribution in [0.25, 0.3) is 10.9 Å². The van der Waals surface area contributed by atoms with Gasteiger partial charge in [0.1, 0.15) is 5.69 Å². The fourth-order valence-electron chi connectivity index (χ4n) is 3.71. The minimum Gasteiger partial charge on any atom is -0.321 e. The van der Waals surface area contributed by atoms with Gasteiger partial charge >= 0.3 is 11.8 Å². The third-order valence-electron chi connectivity index (χ3n) is 5.89. The van der Waals surface area contributed by atoms with Crippen LogP contribution < -0.4 is 16.1 Å². The van der Waals surface area contributed by atoms with E-state index in [0.717, 1.165) is 23.1 Å². The first-order chi connectivity index (χ1) is 16.8. The molecular weight excluding hydrogens is 464 g/mol. The van der Waals surface area contributed by atoms with E-state index in [1.807, 2.05) is 44.2 Å². The Morgan fingerprint density at radius 3 is 2.34 bits per heavy atom. The van der Waals surface area contributed by atoms with E-state index in [9.17, 15) is 14.4 Å². The molecule has 35 heavy (non-hydrogen) atoms. The standard InChI is InChI=1S/C27H25ClN4O3/c1-4-18-8-11-21(12-9-18)29-25(33)24-15-19-14-20(28)10-13-23(19)32(24)31-27(35)26(34)30-22-7-5-6-16(2)17(22)3/h5-15H,4H2,1-3H3,(H,29,33)(H,30,34)(H,31,35). The fourth-order valence-corrected chi connectivity index (χ4v) is 3.89. The Bertz CT molecular complexity index is 1440. The van der Waals surface area contributed by atoms with Crippen LogP contribution in [0.4, 0.5) is 11.4 Å².